The molecule has 0 amide bonds. The molecule has 0 N–H and O–H groups in total. The minimum absolute atomic E-state index is 0.186. The number of hydrogen-bond acceptors (Lipinski definition) is 3. The van der Waals surface area contributed by atoms with Crippen LogP contribution in [0.1, 0.15) is 27.2 Å². The summed E-state index contributed by atoms with van der Waals surface area (Å²) in [5.74, 6) is -0.186. The van der Waals surface area contributed by atoms with Crippen molar-refractivity contribution in [1.29, 1.82) is 0 Å². The predicted molar refractivity (Wildman–Crippen MR) is 109 cm³/mol. The van der Waals surface area contributed by atoms with Crippen LogP contribution in [0, 0.1) is 0 Å². The van der Waals surface area contributed by atoms with Crippen molar-refractivity contribution in [3.63, 3.8) is 0 Å². The highest BCUT2D eigenvalue weighted by molar-refractivity contribution is 6.37. The summed E-state index contributed by atoms with van der Waals surface area (Å²) in [5.41, 5.74) is 2.58. The third-order valence-electron chi connectivity index (χ3n) is 3.89. The lowest BCUT2D eigenvalue weighted by molar-refractivity contribution is 0.103. The molecule has 7 heteroatoms. The lowest BCUT2D eigenvalue weighted by Crippen LogP contribution is -2.00. The first-order valence-electron chi connectivity index (χ1n) is 8.00. The molecule has 0 aliphatic carbocycles. The van der Waals surface area contributed by atoms with Gasteiger partial charge in [-0.15, -0.1) is 0 Å². The number of aromatic nitrogens is 1. The molecule has 0 aliphatic rings. The standard InChI is InChI=1S/C20H15Cl3N2O2/c1-25-11-14(20(26)18-7-6-16(22)9-19(18)23)8-17(25)10-24-27-12-13-2-4-15(21)5-3-13/h2-11H,12H2,1H3. The summed E-state index contributed by atoms with van der Waals surface area (Å²) < 4.78 is 1.78. The van der Waals surface area contributed by atoms with Gasteiger partial charge in [-0.05, 0) is 42.0 Å². The van der Waals surface area contributed by atoms with Gasteiger partial charge in [0.25, 0.3) is 0 Å². The Bertz CT molecular complexity index is 995. The molecule has 4 nitrogen and oxygen atoms in total. The van der Waals surface area contributed by atoms with E-state index in [1.807, 2.05) is 19.2 Å². The third kappa shape index (κ3) is 4.92. The van der Waals surface area contributed by atoms with Crippen molar-refractivity contribution >= 4 is 46.8 Å². The van der Waals surface area contributed by atoms with Crippen molar-refractivity contribution in [3.05, 3.63) is 92.2 Å². The van der Waals surface area contributed by atoms with E-state index in [4.69, 9.17) is 39.6 Å². The molecular weight excluding hydrogens is 407 g/mol. The summed E-state index contributed by atoms with van der Waals surface area (Å²) in [5, 5.41) is 5.43. The zero-order valence-corrected chi connectivity index (χ0v) is 16.6. The van der Waals surface area contributed by atoms with Gasteiger partial charge in [0, 0.05) is 34.4 Å². The molecule has 0 unspecified atom stereocenters. The van der Waals surface area contributed by atoms with E-state index in [0.29, 0.717) is 32.8 Å². The number of nitrogens with zero attached hydrogens (tertiary/aromatic N) is 2. The monoisotopic (exact) mass is 420 g/mol. The van der Waals surface area contributed by atoms with Crippen LogP contribution in [-0.4, -0.2) is 16.6 Å². The summed E-state index contributed by atoms with van der Waals surface area (Å²) in [6, 6.07) is 13.8. The van der Waals surface area contributed by atoms with E-state index in [2.05, 4.69) is 5.16 Å². The van der Waals surface area contributed by atoms with Crippen molar-refractivity contribution < 1.29 is 9.63 Å². The lowest BCUT2D eigenvalue weighted by atomic mass is 10.1. The Balaban J connectivity index is 1.68. The van der Waals surface area contributed by atoms with Gasteiger partial charge in [0.1, 0.15) is 6.61 Å². The van der Waals surface area contributed by atoms with Crippen LogP contribution in [0.5, 0.6) is 0 Å². The molecule has 2 aromatic carbocycles. The molecule has 0 atom stereocenters. The van der Waals surface area contributed by atoms with Gasteiger partial charge in [-0.25, -0.2) is 0 Å². The zero-order valence-electron chi connectivity index (χ0n) is 14.3. The molecule has 27 heavy (non-hydrogen) atoms. The second-order valence-electron chi connectivity index (χ2n) is 5.85. The normalized spacial score (nSPS) is 11.1. The van der Waals surface area contributed by atoms with E-state index in [9.17, 15) is 4.79 Å². The first-order chi connectivity index (χ1) is 12.9. The fourth-order valence-electron chi connectivity index (χ4n) is 2.45. The fraction of sp³-hybridized carbons (Fsp3) is 0.100. The molecule has 0 saturated heterocycles. The van der Waals surface area contributed by atoms with Crippen molar-refractivity contribution in [2.24, 2.45) is 12.2 Å². The van der Waals surface area contributed by atoms with Gasteiger partial charge >= 0.3 is 0 Å². The maximum Gasteiger partial charge on any atom is 0.196 e. The number of carbonyl (C=O) groups is 1. The van der Waals surface area contributed by atoms with Gasteiger partial charge in [-0.3, -0.25) is 4.79 Å². The maximum absolute atomic E-state index is 12.7. The van der Waals surface area contributed by atoms with Crippen LogP contribution in [0.25, 0.3) is 0 Å². The Labute approximate surface area is 171 Å². The highest BCUT2D eigenvalue weighted by Gasteiger charge is 2.15. The molecule has 3 rings (SSSR count). The Morgan fingerprint density at radius 3 is 2.48 bits per heavy atom. The number of oxime groups is 1. The van der Waals surface area contributed by atoms with Gasteiger partial charge in [0.15, 0.2) is 5.78 Å². The molecule has 0 bridgehead atoms. The summed E-state index contributed by atoms with van der Waals surface area (Å²) >= 11 is 17.9. The molecule has 3 aromatic rings. The second-order valence-corrected chi connectivity index (χ2v) is 7.13. The smallest absolute Gasteiger partial charge is 0.196 e. The van der Waals surface area contributed by atoms with Crippen LogP contribution in [0.3, 0.4) is 0 Å². The summed E-state index contributed by atoms with van der Waals surface area (Å²) in [6.45, 7) is 0.324. The summed E-state index contributed by atoms with van der Waals surface area (Å²) in [7, 11) is 1.82. The minimum Gasteiger partial charge on any atom is -0.391 e. The van der Waals surface area contributed by atoms with Gasteiger partial charge in [-0.1, -0.05) is 52.1 Å². The molecule has 1 heterocycles. The topological polar surface area (TPSA) is 43.6 Å². The first-order valence-corrected chi connectivity index (χ1v) is 9.13. The van der Waals surface area contributed by atoms with Crippen molar-refractivity contribution in [1.82, 2.24) is 4.57 Å². The van der Waals surface area contributed by atoms with E-state index in [1.165, 1.54) is 0 Å². The zero-order chi connectivity index (χ0) is 19.4. The Kier molecular flexibility index (Phi) is 6.22. The minimum atomic E-state index is -0.186. The average Bonchev–Trinajstić information content (AvgIpc) is 3.00. The lowest BCUT2D eigenvalue weighted by Gasteiger charge is -2.02. The molecule has 0 spiro atoms. The van der Waals surface area contributed by atoms with Gasteiger partial charge in [-0.2, -0.15) is 0 Å². The summed E-state index contributed by atoms with van der Waals surface area (Å²) in [4.78, 5) is 18.0. The van der Waals surface area contributed by atoms with Gasteiger partial charge in [0.2, 0.25) is 0 Å². The highest BCUT2D eigenvalue weighted by atomic mass is 35.5. The van der Waals surface area contributed by atoms with Gasteiger partial charge in [0.05, 0.1) is 16.9 Å². The average molecular weight is 422 g/mol. The Morgan fingerprint density at radius 2 is 1.78 bits per heavy atom. The van der Waals surface area contributed by atoms with Crippen molar-refractivity contribution in [2.75, 3.05) is 0 Å². The molecule has 1 aromatic heterocycles. The molecule has 0 radical (unpaired) electrons. The molecule has 0 aliphatic heterocycles. The number of halogens is 3. The third-order valence-corrected chi connectivity index (χ3v) is 4.69. The molecule has 138 valence electrons. The van der Waals surface area contributed by atoms with E-state index >= 15 is 0 Å². The van der Waals surface area contributed by atoms with E-state index in [0.717, 1.165) is 11.3 Å². The Hall–Kier alpha value is -2.27. The maximum atomic E-state index is 12.7. The number of aryl methyl sites for hydroxylation is 1. The first kappa shape index (κ1) is 19.5. The van der Waals surface area contributed by atoms with Crippen LogP contribution < -0.4 is 0 Å². The van der Waals surface area contributed by atoms with Crippen LogP contribution in [-0.2, 0) is 18.5 Å². The molecule has 0 saturated carbocycles. The number of hydrogen-bond donors (Lipinski definition) is 0. The summed E-state index contributed by atoms with van der Waals surface area (Å²) in [6.07, 6.45) is 3.27. The van der Waals surface area contributed by atoms with E-state index < -0.39 is 0 Å². The molecular formula is C20H15Cl3N2O2. The van der Waals surface area contributed by atoms with Crippen LogP contribution in [0.2, 0.25) is 15.1 Å². The second kappa shape index (κ2) is 8.61. The number of carbonyl (C=O) groups excluding carboxylic acids is 1. The van der Waals surface area contributed by atoms with Crippen LogP contribution >= 0.6 is 34.8 Å². The van der Waals surface area contributed by atoms with Crippen LogP contribution in [0.4, 0.5) is 0 Å². The number of benzene rings is 2. The van der Waals surface area contributed by atoms with E-state index in [1.54, 1.807) is 53.4 Å². The van der Waals surface area contributed by atoms with Gasteiger partial charge < -0.3 is 9.40 Å². The quantitative estimate of drug-likeness (QED) is 0.288. The number of ketones is 1. The fourth-order valence-corrected chi connectivity index (χ4v) is 3.07. The van der Waals surface area contributed by atoms with E-state index in [-0.39, 0.29) is 5.78 Å². The largest absolute Gasteiger partial charge is 0.391 e. The number of rotatable bonds is 6. The SMILES string of the molecule is Cn1cc(C(=O)c2ccc(Cl)cc2Cl)cc1C=NOCc1ccc(Cl)cc1. The van der Waals surface area contributed by atoms with Crippen molar-refractivity contribution in [2.45, 2.75) is 6.61 Å². The van der Waals surface area contributed by atoms with Crippen LogP contribution in [0.15, 0.2) is 59.9 Å². The predicted octanol–water partition coefficient (Wildman–Crippen LogP) is 5.77. The Morgan fingerprint density at radius 1 is 1.07 bits per heavy atom. The van der Waals surface area contributed by atoms with Crippen molar-refractivity contribution in [3.8, 4) is 0 Å². The molecule has 0 fully saturated rings. The highest BCUT2D eigenvalue weighted by Crippen LogP contribution is 2.24.